The zero-order valence-electron chi connectivity index (χ0n) is 10.7. The third-order valence-corrected chi connectivity index (χ3v) is 4.39. The molecule has 0 N–H and O–H groups in total. The maximum Gasteiger partial charge on any atom is 0.278 e. The average Bonchev–Trinajstić information content (AvgIpc) is 2.97. The van der Waals surface area contributed by atoms with Crippen LogP contribution >= 0.6 is 27.3 Å². The van der Waals surface area contributed by atoms with Crippen LogP contribution in [-0.2, 0) is 0 Å². The summed E-state index contributed by atoms with van der Waals surface area (Å²) in [7, 11) is 0. The number of para-hydroxylation sites is 1. The van der Waals surface area contributed by atoms with Crippen LogP contribution < -0.4 is 0 Å². The Kier molecular flexibility index (Phi) is 3.81. The second kappa shape index (κ2) is 5.75. The van der Waals surface area contributed by atoms with Crippen molar-refractivity contribution >= 4 is 33.0 Å². The summed E-state index contributed by atoms with van der Waals surface area (Å²) in [6, 6.07) is 14.5. The largest absolute Gasteiger partial charge is 0.278 e. The van der Waals surface area contributed by atoms with Crippen LogP contribution in [0, 0.1) is 10.1 Å². The summed E-state index contributed by atoms with van der Waals surface area (Å²) in [4.78, 5) is 15.2. The van der Waals surface area contributed by atoms with Gasteiger partial charge < -0.3 is 0 Å². The predicted molar refractivity (Wildman–Crippen MR) is 87.3 cm³/mol. The van der Waals surface area contributed by atoms with Crippen molar-refractivity contribution in [3.05, 3.63) is 68.5 Å². The fourth-order valence-corrected chi connectivity index (χ4v) is 3.06. The first-order valence-electron chi connectivity index (χ1n) is 6.10. The van der Waals surface area contributed by atoms with Crippen molar-refractivity contribution in [3.8, 4) is 21.8 Å². The molecule has 104 valence electrons. The van der Waals surface area contributed by atoms with Gasteiger partial charge in [0.15, 0.2) is 0 Å². The van der Waals surface area contributed by atoms with Crippen molar-refractivity contribution in [1.29, 1.82) is 0 Å². The van der Waals surface area contributed by atoms with E-state index in [0.717, 1.165) is 15.0 Å². The molecule has 0 aliphatic rings. The van der Waals surface area contributed by atoms with Gasteiger partial charge in [-0.15, -0.1) is 11.3 Å². The fraction of sp³-hybridized carbons (Fsp3) is 0. The highest BCUT2D eigenvalue weighted by Gasteiger charge is 2.16. The molecular weight excluding hydrogens is 352 g/mol. The summed E-state index contributed by atoms with van der Waals surface area (Å²) >= 11 is 4.87. The van der Waals surface area contributed by atoms with Crippen molar-refractivity contribution in [2.45, 2.75) is 0 Å². The molecule has 3 rings (SSSR count). The summed E-state index contributed by atoms with van der Waals surface area (Å²) in [5, 5.41) is 13.8. The van der Waals surface area contributed by atoms with Gasteiger partial charge in [-0.1, -0.05) is 40.2 Å². The van der Waals surface area contributed by atoms with Crippen LogP contribution in [0.3, 0.4) is 0 Å². The summed E-state index contributed by atoms with van der Waals surface area (Å²) in [5.74, 6) is 0. The molecule has 1 aromatic heterocycles. The van der Waals surface area contributed by atoms with E-state index in [0.29, 0.717) is 11.3 Å². The number of aromatic nitrogens is 1. The molecule has 0 saturated carbocycles. The number of benzene rings is 2. The number of halogens is 1. The highest BCUT2D eigenvalue weighted by molar-refractivity contribution is 9.10. The summed E-state index contributed by atoms with van der Waals surface area (Å²) in [5.41, 5.74) is 2.24. The minimum atomic E-state index is -0.381. The lowest BCUT2D eigenvalue weighted by atomic mass is 10.1. The molecule has 0 atom stereocenters. The van der Waals surface area contributed by atoms with E-state index in [9.17, 15) is 10.1 Å². The molecule has 2 aromatic carbocycles. The van der Waals surface area contributed by atoms with E-state index in [1.807, 2.05) is 29.6 Å². The Morgan fingerprint density at radius 1 is 1.10 bits per heavy atom. The molecule has 0 amide bonds. The lowest BCUT2D eigenvalue weighted by molar-refractivity contribution is -0.384. The van der Waals surface area contributed by atoms with Crippen molar-refractivity contribution in [3.63, 3.8) is 0 Å². The number of nitrogens with zero attached hydrogens (tertiary/aromatic N) is 2. The summed E-state index contributed by atoms with van der Waals surface area (Å²) in [6.45, 7) is 0. The lowest BCUT2D eigenvalue weighted by Crippen LogP contribution is -1.91. The SMILES string of the molecule is O=[N+]([O-])c1ccccc1-c1csc(-c2ccc(Br)cc2)n1. The zero-order valence-corrected chi connectivity index (χ0v) is 13.1. The molecule has 0 radical (unpaired) electrons. The van der Waals surface area contributed by atoms with E-state index in [-0.39, 0.29) is 10.6 Å². The predicted octanol–water partition coefficient (Wildman–Crippen LogP) is 5.15. The number of hydrogen-bond donors (Lipinski definition) is 0. The van der Waals surface area contributed by atoms with Crippen LogP contribution in [0.5, 0.6) is 0 Å². The molecule has 0 aliphatic heterocycles. The van der Waals surface area contributed by atoms with E-state index in [4.69, 9.17) is 0 Å². The molecule has 6 heteroatoms. The minimum absolute atomic E-state index is 0.0742. The van der Waals surface area contributed by atoms with Gasteiger partial charge in [-0.3, -0.25) is 10.1 Å². The van der Waals surface area contributed by atoms with E-state index in [2.05, 4.69) is 20.9 Å². The molecule has 4 nitrogen and oxygen atoms in total. The van der Waals surface area contributed by atoms with E-state index in [1.54, 1.807) is 18.2 Å². The van der Waals surface area contributed by atoms with Crippen molar-refractivity contribution in [2.24, 2.45) is 0 Å². The van der Waals surface area contributed by atoms with Crippen LogP contribution in [0.15, 0.2) is 58.4 Å². The maximum atomic E-state index is 11.1. The Morgan fingerprint density at radius 2 is 1.81 bits per heavy atom. The third kappa shape index (κ3) is 2.86. The average molecular weight is 361 g/mol. The minimum Gasteiger partial charge on any atom is -0.258 e. The fourth-order valence-electron chi connectivity index (χ4n) is 1.97. The van der Waals surface area contributed by atoms with Gasteiger partial charge >= 0.3 is 0 Å². The van der Waals surface area contributed by atoms with Crippen LogP contribution in [-0.4, -0.2) is 9.91 Å². The van der Waals surface area contributed by atoms with E-state index >= 15 is 0 Å². The quantitative estimate of drug-likeness (QED) is 0.479. The summed E-state index contributed by atoms with van der Waals surface area (Å²) < 4.78 is 1.00. The highest BCUT2D eigenvalue weighted by atomic mass is 79.9. The van der Waals surface area contributed by atoms with Crippen molar-refractivity contribution < 1.29 is 4.92 Å². The normalized spacial score (nSPS) is 10.5. The van der Waals surface area contributed by atoms with Crippen LogP contribution in [0.1, 0.15) is 0 Å². The van der Waals surface area contributed by atoms with Gasteiger partial charge in [-0.05, 0) is 18.2 Å². The third-order valence-electron chi connectivity index (χ3n) is 2.97. The van der Waals surface area contributed by atoms with Gasteiger partial charge in [0.05, 0.1) is 16.2 Å². The molecular formula is C15H9BrN2O2S. The Labute approximate surface area is 133 Å². The Bertz CT molecular complexity index is 799. The van der Waals surface area contributed by atoms with Crippen LogP contribution in [0.25, 0.3) is 21.8 Å². The number of nitro benzene ring substituents is 1. The van der Waals surface area contributed by atoms with Gasteiger partial charge in [-0.2, -0.15) is 0 Å². The Balaban J connectivity index is 2.03. The van der Waals surface area contributed by atoms with Gasteiger partial charge in [0.25, 0.3) is 5.69 Å². The van der Waals surface area contributed by atoms with Gasteiger partial charge in [-0.25, -0.2) is 4.98 Å². The number of nitro groups is 1. The second-order valence-corrected chi connectivity index (χ2v) is 6.09. The zero-order chi connectivity index (χ0) is 14.8. The van der Waals surface area contributed by atoms with E-state index < -0.39 is 0 Å². The number of hydrogen-bond acceptors (Lipinski definition) is 4. The molecule has 0 unspecified atom stereocenters. The molecule has 3 aromatic rings. The smallest absolute Gasteiger partial charge is 0.258 e. The number of thiazole rings is 1. The second-order valence-electron chi connectivity index (χ2n) is 4.32. The lowest BCUT2D eigenvalue weighted by Gasteiger charge is -1.99. The molecule has 0 saturated heterocycles. The molecule has 21 heavy (non-hydrogen) atoms. The molecule has 1 heterocycles. The molecule has 0 fully saturated rings. The molecule has 0 aliphatic carbocycles. The van der Waals surface area contributed by atoms with E-state index in [1.165, 1.54) is 17.4 Å². The van der Waals surface area contributed by atoms with Crippen LogP contribution in [0.2, 0.25) is 0 Å². The van der Waals surface area contributed by atoms with Gasteiger partial charge in [0.2, 0.25) is 0 Å². The standard InChI is InChI=1S/C15H9BrN2O2S/c16-11-7-5-10(6-8-11)15-17-13(9-21-15)12-3-1-2-4-14(12)18(19)20/h1-9H. The summed E-state index contributed by atoms with van der Waals surface area (Å²) in [6.07, 6.45) is 0. The molecule has 0 spiro atoms. The van der Waals surface area contributed by atoms with Crippen molar-refractivity contribution in [1.82, 2.24) is 4.98 Å². The topological polar surface area (TPSA) is 56.0 Å². The Hall–Kier alpha value is -2.05. The molecule has 0 bridgehead atoms. The van der Waals surface area contributed by atoms with Crippen molar-refractivity contribution in [2.75, 3.05) is 0 Å². The maximum absolute atomic E-state index is 11.1. The van der Waals surface area contributed by atoms with Gasteiger partial charge in [0.1, 0.15) is 5.01 Å². The van der Waals surface area contributed by atoms with Crippen LogP contribution in [0.4, 0.5) is 5.69 Å². The Morgan fingerprint density at radius 3 is 2.52 bits per heavy atom. The first-order chi connectivity index (χ1) is 10.1. The monoisotopic (exact) mass is 360 g/mol. The first-order valence-corrected chi connectivity index (χ1v) is 7.77. The highest BCUT2D eigenvalue weighted by Crippen LogP contribution is 2.33. The number of rotatable bonds is 3. The first kappa shape index (κ1) is 13.9. The van der Waals surface area contributed by atoms with Gasteiger partial charge in [0, 0.05) is 21.5 Å².